The Balaban J connectivity index is 0.000000290. The number of benzene rings is 1. The van der Waals surface area contributed by atoms with Crippen molar-refractivity contribution < 1.29 is 23.8 Å². The van der Waals surface area contributed by atoms with Crippen molar-refractivity contribution in [1.82, 2.24) is 20.2 Å². The van der Waals surface area contributed by atoms with Gasteiger partial charge >= 0.3 is 5.97 Å². The van der Waals surface area contributed by atoms with Crippen molar-refractivity contribution in [3.63, 3.8) is 0 Å². The van der Waals surface area contributed by atoms with E-state index in [1.807, 2.05) is 20.9 Å². The van der Waals surface area contributed by atoms with Gasteiger partial charge in [0, 0.05) is 36.0 Å². The summed E-state index contributed by atoms with van der Waals surface area (Å²) in [5.41, 5.74) is 5.86. The molecule has 2 aliphatic heterocycles. The summed E-state index contributed by atoms with van der Waals surface area (Å²) < 4.78 is 21.1. The molecule has 9 nitrogen and oxygen atoms in total. The second-order valence-corrected chi connectivity index (χ2v) is 9.87. The van der Waals surface area contributed by atoms with Gasteiger partial charge in [0.05, 0.1) is 29.0 Å². The number of amides is 1. The third-order valence-corrected chi connectivity index (χ3v) is 7.65. The van der Waals surface area contributed by atoms with E-state index in [0.717, 1.165) is 54.3 Å². The van der Waals surface area contributed by atoms with Gasteiger partial charge in [0.2, 0.25) is 5.91 Å². The monoisotopic (exact) mass is 552 g/mol. The number of aliphatic hydroxyl groups is 1. The Bertz CT molecular complexity index is 1530. The molecule has 1 unspecified atom stereocenters. The highest BCUT2D eigenvalue weighted by molar-refractivity contribution is 5.92. The fraction of sp³-hybridized carbons (Fsp3) is 0.467. The third kappa shape index (κ3) is 5.13. The standard InChI is InChI=1S/C22H17FN2O4.C6H14N2O.C2H6/c1-9-10-3-2-4-11-13-7-25-17(19(13)24-16(18(10)11)6-15(9)23)5-12-14(21(25)27)8-29-22(28)20(12)26;1-7-5-3-4-6(9)8-2;1-2/h5-6,20,26H,2-4,7-8H2,1H3;7H,3-5H2,1-2H3,(H,8,9);1-2H3. The van der Waals surface area contributed by atoms with Gasteiger partial charge in [-0.25, -0.2) is 14.2 Å². The molecular formula is C30H37FN4O5. The van der Waals surface area contributed by atoms with Crippen molar-refractivity contribution in [1.29, 1.82) is 0 Å². The zero-order valence-corrected chi connectivity index (χ0v) is 23.7. The zero-order chi connectivity index (χ0) is 29.1. The smallest absolute Gasteiger partial charge is 0.340 e. The zero-order valence-electron chi connectivity index (χ0n) is 23.7. The summed E-state index contributed by atoms with van der Waals surface area (Å²) in [6.07, 6.45) is 2.65. The number of halogens is 1. The molecule has 0 saturated carbocycles. The van der Waals surface area contributed by atoms with Gasteiger partial charge in [-0.05, 0) is 69.0 Å². The number of ether oxygens (including phenoxy) is 1. The van der Waals surface area contributed by atoms with Crippen LogP contribution in [0.4, 0.5) is 4.39 Å². The molecule has 3 aliphatic rings. The largest absolute Gasteiger partial charge is 0.458 e. The number of cyclic esters (lactones) is 1. The maximum Gasteiger partial charge on any atom is 0.340 e. The quantitative estimate of drug-likeness (QED) is 0.263. The molecule has 6 rings (SSSR count). The van der Waals surface area contributed by atoms with Crippen molar-refractivity contribution in [2.24, 2.45) is 0 Å². The summed E-state index contributed by atoms with van der Waals surface area (Å²) in [4.78, 5) is 40.1. The second kappa shape index (κ2) is 12.3. The number of pyridine rings is 2. The van der Waals surface area contributed by atoms with Crippen LogP contribution in [0, 0.1) is 12.7 Å². The van der Waals surface area contributed by atoms with Crippen LogP contribution in [0.1, 0.15) is 72.6 Å². The molecule has 2 aromatic heterocycles. The van der Waals surface area contributed by atoms with E-state index in [1.54, 1.807) is 24.6 Å². The number of carbonyl (C=O) groups excluding carboxylic acids is 2. The molecule has 4 heterocycles. The van der Waals surface area contributed by atoms with Crippen molar-refractivity contribution in [2.45, 2.75) is 72.1 Å². The molecule has 0 bridgehead atoms. The minimum atomic E-state index is -1.48. The van der Waals surface area contributed by atoms with E-state index in [-0.39, 0.29) is 29.5 Å². The van der Waals surface area contributed by atoms with Gasteiger partial charge in [0.15, 0.2) is 6.10 Å². The molecule has 10 heteroatoms. The molecule has 0 radical (unpaired) electrons. The fourth-order valence-electron chi connectivity index (χ4n) is 5.61. The Morgan fingerprint density at radius 1 is 1.15 bits per heavy atom. The first-order chi connectivity index (χ1) is 19.3. The molecule has 3 N–H and O–H groups in total. The van der Waals surface area contributed by atoms with E-state index >= 15 is 0 Å². The lowest BCUT2D eigenvalue weighted by molar-refractivity contribution is -0.157. The SMILES string of the molecule is CC.CNCCCC(=O)NC.Cc1c(F)cc2nc3c(c4c2c1CCC4)Cn1c-3cc2c(c1=O)COC(=O)C2O. The van der Waals surface area contributed by atoms with Crippen LogP contribution in [0.5, 0.6) is 0 Å². The van der Waals surface area contributed by atoms with Crippen LogP contribution in [0.15, 0.2) is 16.9 Å². The van der Waals surface area contributed by atoms with E-state index < -0.39 is 12.1 Å². The maximum absolute atomic E-state index is 14.5. The minimum Gasteiger partial charge on any atom is -0.458 e. The van der Waals surface area contributed by atoms with Gasteiger partial charge in [0.25, 0.3) is 5.56 Å². The number of hydrogen-bond acceptors (Lipinski definition) is 7. The summed E-state index contributed by atoms with van der Waals surface area (Å²) in [7, 11) is 3.53. The van der Waals surface area contributed by atoms with Gasteiger partial charge in [-0.2, -0.15) is 0 Å². The predicted octanol–water partition coefficient (Wildman–Crippen LogP) is 3.21. The van der Waals surface area contributed by atoms with Gasteiger partial charge in [-0.3, -0.25) is 9.59 Å². The number of aliphatic hydroxyl groups excluding tert-OH is 1. The molecule has 3 aromatic rings. The topological polar surface area (TPSA) is 123 Å². The van der Waals surface area contributed by atoms with E-state index in [9.17, 15) is 23.9 Å². The summed E-state index contributed by atoms with van der Waals surface area (Å²) in [6.45, 7) is 6.96. The lowest BCUT2D eigenvalue weighted by atomic mass is 9.85. The molecule has 1 amide bonds. The average Bonchev–Trinajstić information content (AvgIpc) is 3.34. The number of rotatable bonds is 4. The summed E-state index contributed by atoms with van der Waals surface area (Å²) >= 11 is 0. The highest BCUT2D eigenvalue weighted by atomic mass is 19.1. The van der Waals surface area contributed by atoms with Crippen LogP contribution in [-0.4, -0.2) is 47.2 Å². The number of hydrogen-bond donors (Lipinski definition) is 3. The summed E-state index contributed by atoms with van der Waals surface area (Å²) in [5.74, 6) is -0.916. The molecule has 0 saturated heterocycles. The van der Waals surface area contributed by atoms with Crippen LogP contribution >= 0.6 is 0 Å². The number of nitrogens with zero attached hydrogens (tertiary/aromatic N) is 2. The van der Waals surface area contributed by atoms with Gasteiger partial charge < -0.3 is 25.0 Å². The maximum atomic E-state index is 14.5. The number of aromatic nitrogens is 2. The number of fused-ring (bicyclic) bond motifs is 5. The van der Waals surface area contributed by atoms with Crippen LogP contribution < -0.4 is 16.2 Å². The summed E-state index contributed by atoms with van der Waals surface area (Å²) in [6, 6.07) is 3.13. The third-order valence-electron chi connectivity index (χ3n) is 7.65. The molecule has 1 aliphatic carbocycles. The summed E-state index contributed by atoms with van der Waals surface area (Å²) in [5, 5.41) is 16.8. The fourth-order valence-corrected chi connectivity index (χ4v) is 5.61. The molecule has 1 aromatic carbocycles. The number of esters is 1. The van der Waals surface area contributed by atoms with Crippen molar-refractivity contribution in [2.75, 3.05) is 20.6 Å². The number of carbonyl (C=O) groups is 2. The number of nitrogens with one attached hydrogen (secondary N) is 2. The lowest BCUT2D eigenvalue weighted by Gasteiger charge is -2.22. The van der Waals surface area contributed by atoms with Crippen LogP contribution in [0.3, 0.4) is 0 Å². The van der Waals surface area contributed by atoms with Crippen molar-refractivity contribution in [3.8, 4) is 11.4 Å². The van der Waals surface area contributed by atoms with Crippen LogP contribution in [0.25, 0.3) is 22.3 Å². The predicted molar refractivity (Wildman–Crippen MR) is 151 cm³/mol. The first kappa shape index (κ1) is 29.4. The van der Waals surface area contributed by atoms with Gasteiger partial charge in [0.1, 0.15) is 12.4 Å². The van der Waals surface area contributed by atoms with Gasteiger partial charge in [-0.1, -0.05) is 13.8 Å². The average molecular weight is 553 g/mol. The van der Waals surface area contributed by atoms with Crippen LogP contribution in [0.2, 0.25) is 0 Å². The molecule has 40 heavy (non-hydrogen) atoms. The normalized spacial score (nSPS) is 16.0. The van der Waals surface area contributed by atoms with Crippen molar-refractivity contribution >= 4 is 22.8 Å². The first-order valence-electron chi connectivity index (χ1n) is 13.9. The van der Waals surface area contributed by atoms with Gasteiger partial charge in [-0.15, -0.1) is 0 Å². The molecule has 0 fully saturated rings. The van der Waals surface area contributed by atoms with Crippen molar-refractivity contribution in [3.05, 3.63) is 61.7 Å². The Morgan fingerprint density at radius 3 is 2.58 bits per heavy atom. The highest BCUT2D eigenvalue weighted by Gasteiger charge is 2.35. The Kier molecular flexibility index (Phi) is 9.00. The first-order valence-corrected chi connectivity index (χ1v) is 13.9. The minimum absolute atomic E-state index is 0.116. The van der Waals surface area contributed by atoms with Crippen LogP contribution in [-0.2, 0) is 40.3 Å². The molecular weight excluding hydrogens is 515 g/mol. The van der Waals surface area contributed by atoms with E-state index in [2.05, 4.69) is 10.6 Å². The Morgan fingerprint density at radius 2 is 1.88 bits per heavy atom. The Hall–Kier alpha value is -3.63. The lowest BCUT2D eigenvalue weighted by Crippen LogP contribution is -2.32. The van der Waals surface area contributed by atoms with E-state index in [1.165, 1.54) is 6.07 Å². The van der Waals surface area contributed by atoms with E-state index in [4.69, 9.17) is 9.72 Å². The molecule has 1 atom stereocenters. The Labute approximate surface area is 232 Å². The molecule has 214 valence electrons. The second-order valence-electron chi connectivity index (χ2n) is 9.87. The molecule has 0 spiro atoms. The highest BCUT2D eigenvalue weighted by Crippen LogP contribution is 2.41. The van der Waals surface area contributed by atoms with E-state index in [0.29, 0.717) is 41.0 Å². The number of aryl methyl sites for hydroxylation is 2.